The third kappa shape index (κ3) is 4.21. The van der Waals surface area contributed by atoms with Crippen molar-refractivity contribution in [3.05, 3.63) is 29.8 Å². The van der Waals surface area contributed by atoms with Crippen LogP contribution >= 0.6 is 0 Å². The second-order valence-electron chi connectivity index (χ2n) is 5.77. The van der Waals surface area contributed by atoms with E-state index in [2.05, 4.69) is 36.0 Å². The van der Waals surface area contributed by atoms with E-state index < -0.39 is 0 Å². The Morgan fingerprint density at radius 2 is 1.76 bits per heavy atom. The van der Waals surface area contributed by atoms with E-state index in [1.54, 1.807) is 0 Å². The average Bonchev–Trinajstić information content (AvgIpc) is 2.51. The molecule has 0 unspecified atom stereocenters. The Labute approximate surface area is 128 Å². The molecule has 0 aromatic heterocycles. The Morgan fingerprint density at radius 1 is 1.19 bits per heavy atom. The van der Waals surface area contributed by atoms with Crippen LogP contribution in [0.3, 0.4) is 0 Å². The van der Waals surface area contributed by atoms with Gasteiger partial charge in [-0.3, -0.25) is 4.79 Å². The van der Waals surface area contributed by atoms with Gasteiger partial charge in [0, 0.05) is 30.4 Å². The molecule has 0 atom stereocenters. The minimum atomic E-state index is 0.0515. The molecule has 0 bridgehead atoms. The molecule has 0 spiro atoms. The molecule has 116 valence electrons. The molecule has 1 heterocycles. The van der Waals surface area contributed by atoms with Gasteiger partial charge < -0.3 is 15.1 Å². The minimum absolute atomic E-state index is 0.0515. The molecule has 1 aliphatic rings. The first-order chi connectivity index (χ1) is 10.1. The van der Waals surface area contributed by atoms with Crippen LogP contribution in [0.5, 0.6) is 0 Å². The lowest BCUT2D eigenvalue weighted by Gasteiger charge is -2.29. The molecular formula is C17H27N3O. The Bertz CT molecular complexity index is 446. The first kappa shape index (κ1) is 15.8. The second kappa shape index (κ2) is 7.46. The number of carbonyl (C=O) groups excluding carboxylic acids is 1. The molecule has 4 nitrogen and oxygen atoms in total. The van der Waals surface area contributed by atoms with Crippen LogP contribution < -0.4 is 10.2 Å². The Kier molecular flexibility index (Phi) is 5.62. The first-order valence-corrected chi connectivity index (χ1v) is 7.98. The summed E-state index contributed by atoms with van der Waals surface area (Å²) in [7, 11) is 2.13. The molecule has 4 heteroatoms. The molecule has 1 aromatic carbocycles. The van der Waals surface area contributed by atoms with Gasteiger partial charge in [0.15, 0.2) is 0 Å². The van der Waals surface area contributed by atoms with Gasteiger partial charge in [-0.15, -0.1) is 0 Å². The average molecular weight is 289 g/mol. The van der Waals surface area contributed by atoms with Gasteiger partial charge >= 0.3 is 0 Å². The van der Waals surface area contributed by atoms with Gasteiger partial charge in [-0.2, -0.15) is 0 Å². The smallest absolute Gasteiger partial charge is 0.251 e. The lowest BCUT2D eigenvalue weighted by molar-refractivity contribution is 0.0917. The number of carbonyl (C=O) groups is 1. The zero-order valence-electron chi connectivity index (χ0n) is 13.4. The molecular weight excluding hydrogens is 262 g/mol. The number of likely N-dealkylation sites (tertiary alicyclic amines) is 1. The normalized spacial score (nSPS) is 16.7. The largest absolute Gasteiger partial charge is 0.372 e. The molecule has 2 rings (SSSR count). The maximum atomic E-state index is 12.3. The fraction of sp³-hybridized carbons (Fsp3) is 0.588. The zero-order chi connectivity index (χ0) is 15.2. The zero-order valence-corrected chi connectivity index (χ0v) is 13.4. The monoisotopic (exact) mass is 289 g/mol. The fourth-order valence-electron chi connectivity index (χ4n) is 2.83. The number of anilines is 1. The summed E-state index contributed by atoms with van der Waals surface area (Å²) >= 11 is 0. The number of piperidine rings is 1. The highest BCUT2D eigenvalue weighted by molar-refractivity contribution is 5.94. The van der Waals surface area contributed by atoms with Gasteiger partial charge in [0.05, 0.1) is 0 Å². The van der Waals surface area contributed by atoms with Crippen molar-refractivity contribution in [1.29, 1.82) is 0 Å². The van der Waals surface area contributed by atoms with Crippen molar-refractivity contribution in [3.63, 3.8) is 0 Å². The highest BCUT2D eigenvalue weighted by Gasteiger charge is 2.19. The van der Waals surface area contributed by atoms with E-state index in [-0.39, 0.29) is 5.91 Å². The van der Waals surface area contributed by atoms with Crippen LogP contribution in [-0.2, 0) is 0 Å². The number of nitrogens with one attached hydrogen (secondary N) is 1. The van der Waals surface area contributed by atoms with Crippen molar-refractivity contribution in [2.75, 3.05) is 38.1 Å². The highest BCUT2D eigenvalue weighted by Crippen LogP contribution is 2.15. The summed E-state index contributed by atoms with van der Waals surface area (Å²) < 4.78 is 0. The van der Waals surface area contributed by atoms with Gasteiger partial charge in [-0.05, 0) is 71.1 Å². The summed E-state index contributed by atoms with van der Waals surface area (Å²) in [6.45, 7) is 8.38. The van der Waals surface area contributed by atoms with Crippen LogP contribution in [-0.4, -0.2) is 50.1 Å². The van der Waals surface area contributed by atoms with Crippen LogP contribution in [0, 0.1) is 0 Å². The van der Waals surface area contributed by atoms with E-state index in [1.165, 1.54) is 5.69 Å². The molecule has 1 aliphatic heterocycles. The molecule has 1 N–H and O–H groups in total. The third-order valence-electron chi connectivity index (χ3n) is 4.31. The summed E-state index contributed by atoms with van der Waals surface area (Å²) in [4.78, 5) is 16.9. The maximum absolute atomic E-state index is 12.3. The van der Waals surface area contributed by atoms with Crippen molar-refractivity contribution in [2.24, 2.45) is 0 Å². The van der Waals surface area contributed by atoms with Gasteiger partial charge in [-0.25, -0.2) is 0 Å². The second-order valence-corrected chi connectivity index (χ2v) is 5.77. The van der Waals surface area contributed by atoms with Crippen molar-refractivity contribution < 1.29 is 4.79 Å². The third-order valence-corrected chi connectivity index (χ3v) is 4.31. The van der Waals surface area contributed by atoms with E-state index in [4.69, 9.17) is 0 Å². The van der Waals surface area contributed by atoms with E-state index in [9.17, 15) is 4.79 Å². The summed E-state index contributed by atoms with van der Waals surface area (Å²) in [6.07, 6.45) is 2.08. The van der Waals surface area contributed by atoms with Crippen molar-refractivity contribution in [3.8, 4) is 0 Å². The fourth-order valence-corrected chi connectivity index (χ4v) is 2.83. The number of nitrogens with zero attached hydrogens (tertiary/aromatic N) is 2. The number of hydrogen-bond donors (Lipinski definition) is 1. The molecule has 1 fully saturated rings. The van der Waals surface area contributed by atoms with Crippen LogP contribution in [0.4, 0.5) is 5.69 Å². The number of benzene rings is 1. The van der Waals surface area contributed by atoms with Crippen LogP contribution in [0.15, 0.2) is 24.3 Å². The standard InChI is InChI=1S/C17H27N3O/c1-4-20(5-2)16-8-6-14(7-9-16)17(21)18-15-10-12-19(3)13-11-15/h6-9,15H,4-5,10-13H2,1-3H3,(H,18,21). The Balaban J connectivity index is 1.93. The van der Waals surface area contributed by atoms with E-state index >= 15 is 0 Å². The topological polar surface area (TPSA) is 35.6 Å². The lowest BCUT2D eigenvalue weighted by Crippen LogP contribution is -2.43. The highest BCUT2D eigenvalue weighted by atomic mass is 16.1. The van der Waals surface area contributed by atoms with Gasteiger partial charge in [-0.1, -0.05) is 0 Å². The summed E-state index contributed by atoms with van der Waals surface area (Å²) in [6, 6.07) is 8.25. The SMILES string of the molecule is CCN(CC)c1ccc(C(=O)NC2CCN(C)CC2)cc1. The molecule has 0 aliphatic carbocycles. The van der Waals surface area contributed by atoms with Crippen LogP contribution in [0.1, 0.15) is 37.0 Å². The van der Waals surface area contributed by atoms with Crippen molar-refractivity contribution in [1.82, 2.24) is 10.2 Å². The minimum Gasteiger partial charge on any atom is -0.372 e. The van der Waals surface area contributed by atoms with Crippen molar-refractivity contribution in [2.45, 2.75) is 32.7 Å². The molecule has 1 amide bonds. The Hall–Kier alpha value is -1.55. The summed E-state index contributed by atoms with van der Waals surface area (Å²) in [5.41, 5.74) is 1.93. The van der Waals surface area contributed by atoms with Crippen molar-refractivity contribution >= 4 is 11.6 Å². The van der Waals surface area contributed by atoms with E-state index in [0.29, 0.717) is 6.04 Å². The predicted molar refractivity (Wildman–Crippen MR) is 88.0 cm³/mol. The van der Waals surface area contributed by atoms with Crippen LogP contribution in [0.2, 0.25) is 0 Å². The molecule has 0 radical (unpaired) electrons. The number of rotatable bonds is 5. The lowest BCUT2D eigenvalue weighted by atomic mass is 10.0. The van der Waals surface area contributed by atoms with Crippen LogP contribution in [0.25, 0.3) is 0 Å². The summed E-state index contributed by atoms with van der Waals surface area (Å²) in [5, 5.41) is 3.15. The number of hydrogen-bond acceptors (Lipinski definition) is 3. The first-order valence-electron chi connectivity index (χ1n) is 7.98. The quantitative estimate of drug-likeness (QED) is 0.904. The summed E-state index contributed by atoms with van der Waals surface area (Å²) in [5.74, 6) is 0.0515. The van der Waals surface area contributed by atoms with Gasteiger partial charge in [0.25, 0.3) is 5.91 Å². The van der Waals surface area contributed by atoms with E-state index in [1.807, 2.05) is 24.3 Å². The van der Waals surface area contributed by atoms with E-state index in [0.717, 1.165) is 44.6 Å². The number of amides is 1. The Morgan fingerprint density at radius 3 is 2.29 bits per heavy atom. The molecule has 1 aromatic rings. The molecule has 21 heavy (non-hydrogen) atoms. The molecule has 1 saturated heterocycles. The maximum Gasteiger partial charge on any atom is 0.251 e. The van der Waals surface area contributed by atoms with Gasteiger partial charge in [0.1, 0.15) is 0 Å². The predicted octanol–water partition coefficient (Wildman–Crippen LogP) is 2.36. The molecule has 0 saturated carbocycles. The van der Waals surface area contributed by atoms with Gasteiger partial charge in [0.2, 0.25) is 0 Å².